The average molecular weight is 273 g/mol. The van der Waals surface area contributed by atoms with Crippen LogP contribution in [0.15, 0.2) is 12.4 Å². The standard InChI is InChI=1S/C11H17BrN2O/c1-2-14-7-9(6-13-14)5-10-8-15-4-3-11(10)12/h6-7,10-11H,2-5,8H2,1H3. The van der Waals surface area contributed by atoms with Gasteiger partial charge in [-0.2, -0.15) is 5.10 Å². The molecule has 84 valence electrons. The lowest BCUT2D eigenvalue weighted by Gasteiger charge is -2.27. The molecule has 0 bridgehead atoms. The summed E-state index contributed by atoms with van der Waals surface area (Å²) in [6.07, 6.45) is 6.29. The van der Waals surface area contributed by atoms with Crippen LogP contribution < -0.4 is 0 Å². The molecule has 2 unspecified atom stereocenters. The molecule has 2 heterocycles. The predicted molar refractivity (Wildman–Crippen MR) is 63.2 cm³/mol. The van der Waals surface area contributed by atoms with Crippen molar-refractivity contribution in [1.29, 1.82) is 0 Å². The second-order valence-corrected chi connectivity index (χ2v) is 5.22. The smallest absolute Gasteiger partial charge is 0.0521 e. The summed E-state index contributed by atoms with van der Waals surface area (Å²) in [6.45, 7) is 4.81. The molecule has 15 heavy (non-hydrogen) atoms. The maximum absolute atomic E-state index is 5.50. The fourth-order valence-corrected chi connectivity index (χ4v) is 2.47. The van der Waals surface area contributed by atoms with E-state index in [2.05, 4.69) is 34.1 Å². The van der Waals surface area contributed by atoms with Gasteiger partial charge in [0.25, 0.3) is 0 Å². The van der Waals surface area contributed by atoms with Gasteiger partial charge in [0.2, 0.25) is 0 Å². The van der Waals surface area contributed by atoms with E-state index in [9.17, 15) is 0 Å². The molecule has 1 aromatic rings. The van der Waals surface area contributed by atoms with Crippen LogP contribution in [-0.4, -0.2) is 27.8 Å². The van der Waals surface area contributed by atoms with Crippen molar-refractivity contribution in [3.8, 4) is 0 Å². The molecule has 0 amide bonds. The summed E-state index contributed by atoms with van der Waals surface area (Å²) >= 11 is 3.73. The van der Waals surface area contributed by atoms with E-state index in [-0.39, 0.29) is 0 Å². The third kappa shape index (κ3) is 2.82. The second-order valence-electron chi connectivity index (χ2n) is 4.05. The van der Waals surface area contributed by atoms with Gasteiger partial charge in [0.15, 0.2) is 0 Å². The first kappa shape index (κ1) is 11.1. The Bertz CT molecular complexity index is 313. The molecule has 1 fully saturated rings. The maximum atomic E-state index is 5.50. The van der Waals surface area contributed by atoms with Crippen LogP contribution in [0.1, 0.15) is 18.9 Å². The number of aryl methyl sites for hydroxylation is 1. The lowest BCUT2D eigenvalue weighted by atomic mass is 9.96. The Morgan fingerprint density at radius 1 is 1.67 bits per heavy atom. The summed E-state index contributed by atoms with van der Waals surface area (Å²) in [7, 11) is 0. The van der Waals surface area contributed by atoms with Crippen molar-refractivity contribution in [3.63, 3.8) is 0 Å². The molecule has 2 rings (SSSR count). The van der Waals surface area contributed by atoms with Gasteiger partial charge in [-0.25, -0.2) is 0 Å². The number of hydrogen-bond acceptors (Lipinski definition) is 2. The van der Waals surface area contributed by atoms with E-state index in [4.69, 9.17) is 4.74 Å². The highest BCUT2D eigenvalue weighted by atomic mass is 79.9. The Morgan fingerprint density at radius 2 is 2.53 bits per heavy atom. The van der Waals surface area contributed by atoms with Crippen LogP contribution in [0, 0.1) is 5.92 Å². The first-order valence-corrected chi connectivity index (χ1v) is 6.44. The summed E-state index contributed by atoms with van der Waals surface area (Å²) in [5, 5.41) is 4.29. The zero-order valence-corrected chi connectivity index (χ0v) is 10.6. The second kappa shape index (κ2) is 5.12. The SMILES string of the molecule is CCn1cc(CC2COCCC2Br)cn1. The largest absolute Gasteiger partial charge is 0.381 e. The van der Waals surface area contributed by atoms with Gasteiger partial charge in [-0.15, -0.1) is 0 Å². The Kier molecular flexibility index (Phi) is 3.81. The molecule has 0 saturated carbocycles. The van der Waals surface area contributed by atoms with Crippen molar-refractivity contribution in [2.75, 3.05) is 13.2 Å². The molecule has 1 aromatic heterocycles. The monoisotopic (exact) mass is 272 g/mol. The highest BCUT2D eigenvalue weighted by Gasteiger charge is 2.23. The normalized spacial score (nSPS) is 26.8. The quantitative estimate of drug-likeness (QED) is 0.790. The van der Waals surface area contributed by atoms with Gasteiger partial charge in [-0.05, 0) is 31.2 Å². The molecule has 1 aliphatic rings. The number of alkyl halides is 1. The number of ether oxygens (including phenoxy) is 1. The number of halogens is 1. The topological polar surface area (TPSA) is 27.1 Å². The summed E-state index contributed by atoms with van der Waals surface area (Å²) in [4.78, 5) is 0.594. The van der Waals surface area contributed by atoms with E-state index >= 15 is 0 Å². The maximum Gasteiger partial charge on any atom is 0.0521 e. The first-order valence-electron chi connectivity index (χ1n) is 5.52. The lowest BCUT2D eigenvalue weighted by Crippen LogP contribution is -2.29. The van der Waals surface area contributed by atoms with E-state index in [0.717, 1.165) is 32.6 Å². The van der Waals surface area contributed by atoms with Crippen molar-refractivity contribution in [2.45, 2.75) is 31.1 Å². The van der Waals surface area contributed by atoms with Gasteiger partial charge in [-0.1, -0.05) is 15.9 Å². The van der Waals surface area contributed by atoms with E-state index in [1.165, 1.54) is 5.56 Å². The zero-order valence-electron chi connectivity index (χ0n) is 9.03. The minimum absolute atomic E-state index is 0.591. The van der Waals surface area contributed by atoms with E-state index < -0.39 is 0 Å². The zero-order chi connectivity index (χ0) is 10.7. The van der Waals surface area contributed by atoms with Crippen molar-refractivity contribution in [3.05, 3.63) is 18.0 Å². The molecule has 0 aromatic carbocycles. The minimum Gasteiger partial charge on any atom is -0.381 e. The van der Waals surface area contributed by atoms with Crippen LogP contribution in [0.2, 0.25) is 0 Å². The Hall–Kier alpha value is -0.350. The number of aromatic nitrogens is 2. The van der Waals surface area contributed by atoms with Crippen molar-refractivity contribution in [1.82, 2.24) is 9.78 Å². The minimum atomic E-state index is 0.591. The van der Waals surface area contributed by atoms with Crippen LogP contribution >= 0.6 is 15.9 Å². The fourth-order valence-electron chi connectivity index (χ4n) is 1.95. The summed E-state index contributed by atoms with van der Waals surface area (Å²) in [5.74, 6) is 0.591. The molecule has 0 N–H and O–H groups in total. The Labute approximate surface area is 98.9 Å². The van der Waals surface area contributed by atoms with E-state index in [1.54, 1.807) is 0 Å². The molecule has 1 saturated heterocycles. The predicted octanol–water partition coefficient (Wildman–Crippen LogP) is 2.25. The molecule has 1 aliphatic heterocycles. The molecule has 0 spiro atoms. The Morgan fingerprint density at radius 3 is 3.20 bits per heavy atom. The van der Waals surface area contributed by atoms with Crippen molar-refractivity contribution in [2.24, 2.45) is 5.92 Å². The molecule has 3 nitrogen and oxygen atoms in total. The highest BCUT2D eigenvalue weighted by Crippen LogP contribution is 2.25. The lowest BCUT2D eigenvalue weighted by molar-refractivity contribution is 0.0605. The van der Waals surface area contributed by atoms with Crippen LogP contribution in [-0.2, 0) is 17.7 Å². The average Bonchev–Trinajstić information content (AvgIpc) is 2.69. The third-order valence-corrected chi connectivity index (χ3v) is 4.10. The van der Waals surface area contributed by atoms with Gasteiger partial charge < -0.3 is 4.74 Å². The molecule has 0 radical (unpaired) electrons. The Balaban J connectivity index is 1.95. The molecule has 4 heteroatoms. The van der Waals surface area contributed by atoms with Gasteiger partial charge in [0.05, 0.1) is 12.8 Å². The molecular formula is C11H17BrN2O. The van der Waals surface area contributed by atoms with Crippen molar-refractivity contribution < 1.29 is 4.74 Å². The van der Waals surface area contributed by atoms with Gasteiger partial charge in [0, 0.05) is 24.2 Å². The van der Waals surface area contributed by atoms with E-state index in [0.29, 0.717) is 10.7 Å². The third-order valence-electron chi connectivity index (χ3n) is 2.89. The summed E-state index contributed by atoms with van der Waals surface area (Å²) < 4.78 is 7.48. The summed E-state index contributed by atoms with van der Waals surface area (Å²) in [6, 6.07) is 0. The van der Waals surface area contributed by atoms with Gasteiger partial charge in [0.1, 0.15) is 0 Å². The first-order chi connectivity index (χ1) is 7.29. The number of nitrogens with zero attached hydrogens (tertiary/aromatic N) is 2. The van der Waals surface area contributed by atoms with E-state index in [1.807, 2.05) is 10.9 Å². The summed E-state index contributed by atoms with van der Waals surface area (Å²) in [5.41, 5.74) is 1.32. The van der Waals surface area contributed by atoms with Gasteiger partial charge >= 0.3 is 0 Å². The van der Waals surface area contributed by atoms with Crippen molar-refractivity contribution >= 4 is 15.9 Å². The highest BCUT2D eigenvalue weighted by molar-refractivity contribution is 9.09. The number of hydrogen-bond donors (Lipinski definition) is 0. The fraction of sp³-hybridized carbons (Fsp3) is 0.727. The van der Waals surface area contributed by atoms with Crippen LogP contribution in [0.3, 0.4) is 0 Å². The van der Waals surface area contributed by atoms with Gasteiger partial charge in [-0.3, -0.25) is 4.68 Å². The molecular weight excluding hydrogens is 256 g/mol. The number of rotatable bonds is 3. The van der Waals surface area contributed by atoms with Crippen LogP contribution in [0.25, 0.3) is 0 Å². The van der Waals surface area contributed by atoms with Crippen LogP contribution in [0.5, 0.6) is 0 Å². The molecule has 0 aliphatic carbocycles. The molecule has 2 atom stereocenters. The van der Waals surface area contributed by atoms with Crippen LogP contribution in [0.4, 0.5) is 0 Å².